The van der Waals surface area contributed by atoms with Gasteiger partial charge in [0, 0.05) is 11.8 Å². The third kappa shape index (κ3) is 5.32. The van der Waals surface area contributed by atoms with Gasteiger partial charge in [0.1, 0.15) is 23.6 Å². The summed E-state index contributed by atoms with van der Waals surface area (Å²) in [5, 5.41) is 9.64. The number of carbonyl (C=O) groups excluding carboxylic acids is 3. The minimum Gasteiger partial charge on any atom is -0.497 e. The van der Waals surface area contributed by atoms with E-state index in [2.05, 4.69) is 15.7 Å². The van der Waals surface area contributed by atoms with Crippen LogP contribution >= 0.6 is 0 Å². The van der Waals surface area contributed by atoms with Crippen molar-refractivity contribution in [2.75, 3.05) is 26.9 Å². The quantitative estimate of drug-likeness (QED) is 0.480. The summed E-state index contributed by atoms with van der Waals surface area (Å²) in [5.41, 5.74) is 2.44. The molecule has 0 radical (unpaired) electrons. The highest BCUT2D eigenvalue weighted by Crippen LogP contribution is 2.26. The van der Waals surface area contributed by atoms with Gasteiger partial charge in [-0.05, 0) is 43.3 Å². The van der Waals surface area contributed by atoms with Crippen LogP contribution in [0.2, 0.25) is 0 Å². The van der Waals surface area contributed by atoms with Crippen molar-refractivity contribution in [3.8, 4) is 22.7 Å². The van der Waals surface area contributed by atoms with E-state index < -0.39 is 18.0 Å². The van der Waals surface area contributed by atoms with Crippen molar-refractivity contribution >= 4 is 18.0 Å². The molecule has 0 fully saturated rings. The monoisotopic (exact) mass is 476 g/mol. The average molecular weight is 476 g/mol. The highest BCUT2D eigenvalue weighted by molar-refractivity contribution is 5.97. The Labute approximate surface area is 201 Å². The maximum Gasteiger partial charge on any atom is 0.342 e. The number of para-hydroxylation sites is 1. The summed E-state index contributed by atoms with van der Waals surface area (Å²) in [4.78, 5) is 37.2. The maximum atomic E-state index is 13.2. The molecule has 0 spiro atoms. The van der Waals surface area contributed by atoms with Crippen LogP contribution in [0.15, 0.2) is 72.1 Å². The molecule has 0 atom stereocenters. The molecule has 180 valence electrons. The molecule has 0 bridgehead atoms. The summed E-state index contributed by atoms with van der Waals surface area (Å²) in [6.45, 7) is 1.50. The van der Waals surface area contributed by atoms with Crippen LogP contribution in [0.4, 0.5) is 4.79 Å². The molecule has 2 heterocycles. The topological polar surface area (TPSA) is 121 Å². The van der Waals surface area contributed by atoms with Gasteiger partial charge in [-0.25, -0.2) is 19.1 Å². The summed E-state index contributed by atoms with van der Waals surface area (Å²) in [6, 6.07) is 16.0. The van der Waals surface area contributed by atoms with E-state index >= 15 is 0 Å². The zero-order valence-electron chi connectivity index (χ0n) is 19.2. The molecular weight excluding hydrogens is 452 g/mol. The first-order chi connectivity index (χ1) is 17.0. The lowest BCUT2D eigenvalue weighted by Crippen LogP contribution is -2.45. The number of hydrogen-bond acceptors (Lipinski definition) is 7. The largest absolute Gasteiger partial charge is 0.497 e. The van der Waals surface area contributed by atoms with Gasteiger partial charge >= 0.3 is 18.0 Å². The van der Waals surface area contributed by atoms with Crippen LogP contribution in [0.5, 0.6) is 5.75 Å². The SMILES string of the molecule is CCOC(=O)C1=C(COC(=O)c2cn(-c3ccccc3)nc2-c2ccc(OC)cc2)NC(=O)NC1. The molecule has 0 saturated carbocycles. The molecule has 35 heavy (non-hydrogen) atoms. The van der Waals surface area contributed by atoms with Gasteiger partial charge in [-0.3, -0.25) is 0 Å². The summed E-state index contributed by atoms with van der Waals surface area (Å²) in [7, 11) is 1.57. The van der Waals surface area contributed by atoms with Crippen LogP contribution in [-0.4, -0.2) is 54.6 Å². The number of ether oxygens (including phenoxy) is 3. The Balaban J connectivity index is 1.64. The van der Waals surface area contributed by atoms with Gasteiger partial charge in [-0.15, -0.1) is 0 Å². The zero-order valence-corrected chi connectivity index (χ0v) is 19.2. The number of benzene rings is 2. The Morgan fingerprint density at radius 2 is 1.77 bits per heavy atom. The van der Waals surface area contributed by atoms with Gasteiger partial charge < -0.3 is 24.8 Å². The molecular formula is C25H24N4O6. The summed E-state index contributed by atoms with van der Waals surface area (Å²) in [6.07, 6.45) is 1.58. The number of aromatic nitrogens is 2. The van der Waals surface area contributed by atoms with Crippen LogP contribution in [0.1, 0.15) is 17.3 Å². The molecule has 0 saturated heterocycles. The van der Waals surface area contributed by atoms with E-state index in [1.165, 1.54) is 0 Å². The highest BCUT2D eigenvalue weighted by atomic mass is 16.5. The Hall–Kier alpha value is -4.60. The number of nitrogens with zero attached hydrogens (tertiary/aromatic N) is 2. The second-order valence-electron chi connectivity index (χ2n) is 7.46. The number of esters is 2. The lowest BCUT2D eigenvalue weighted by Gasteiger charge is -2.21. The summed E-state index contributed by atoms with van der Waals surface area (Å²) >= 11 is 0. The van der Waals surface area contributed by atoms with Gasteiger partial charge in [-0.1, -0.05) is 18.2 Å². The Kier molecular flexibility index (Phi) is 7.10. The number of methoxy groups -OCH3 is 1. The Morgan fingerprint density at radius 1 is 1.03 bits per heavy atom. The van der Waals surface area contributed by atoms with Crippen molar-refractivity contribution in [2.45, 2.75) is 6.92 Å². The lowest BCUT2D eigenvalue weighted by atomic mass is 10.1. The molecule has 2 amide bonds. The van der Waals surface area contributed by atoms with E-state index in [0.29, 0.717) is 17.0 Å². The van der Waals surface area contributed by atoms with Crippen LogP contribution < -0.4 is 15.4 Å². The van der Waals surface area contributed by atoms with E-state index in [4.69, 9.17) is 14.2 Å². The predicted octanol–water partition coefficient (Wildman–Crippen LogP) is 2.83. The van der Waals surface area contributed by atoms with Crippen LogP contribution in [-0.2, 0) is 14.3 Å². The third-order valence-electron chi connectivity index (χ3n) is 5.24. The second-order valence-corrected chi connectivity index (χ2v) is 7.46. The minimum absolute atomic E-state index is 0.0272. The molecule has 3 aromatic rings. The summed E-state index contributed by atoms with van der Waals surface area (Å²) in [5.74, 6) is -0.594. The third-order valence-corrected chi connectivity index (χ3v) is 5.24. The van der Waals surface area contributed by atoms with E-state index in [0.717, 1.165) is 5.69 Å². The first-order valence-corrected chi connectivity index (χ1v) is 10.9. The second kappa shape index (κ2) is 10.6. The summed E-state index contributed by atoms with van der Waals surface area (Å²) < 4.78 is 17.3. The van der Waals surface area contributed by atoms with Crippen LogP contribution in [0, 0.1) is 0 Å². The normalized spacial score (nSPS) is 13.0. The molecule has 0 aliphatic carbocycles. The average Bonchev–Trinajstić information content (AvgIpc) is 3.34. The smallest absolute Gasteiger partial charge is 0.342 e. The van der Waals surface area contributed by atoms with E-state index in [1.807, 2.05) is 30.3 Å². The number of carbonyl (C=O) groups is 3. The first kappa shape index (κ1) is 23.6. The molecule has 1 aliphatic heterocycles. The standard InChI is InChI=1S/C25H24N4O6/c1-3-34-23(30)19-13-26-25(32)27-21(19)15-35-24(31)20-14-29(17-7-5-4-6-8-17)28-22(20)16-9-11-18(33-2)12-10-16/h4-12,14H,3,13,15H2,1-2H3,(H2,26,27,32). The van der Waals surface area contributed by atoms with E-state index in [9.17, 15) is 14.4 Å². The number of rotatable bonds is 8. The molecule has 2 aromatic carbocycles. The van der Waals surface area contributed by atoms with Gasteiger partial charge in [-0.2, -0.15) is 5.10 Å². The van der Waals surface area contributed by atoms with E-state index in [-0.39, 0.29) is 36.6 Å². The number of nitrogens with one attached hydrogen (secondary N) is 2. The lowest BCUT2D eigenvalue weighted by molar-refractivity contribution is -0.138. The van der Waals surface area contributed by atoms with Crippen molar-refractivity contribution in [3.05, 3.63) is 77.6 Å². The van der Waals surface area contributed by atoms with Crippen molar-refractivity contribution in [1.82, 2.24) is 20.4 Å². The van der Waals surface area contributed by atoms with Gasteiger partial charge in [0.2, 0.25) is 0 Å². The van der Waals surface area contributed by atoms with Crippen molar-refractivity contribution in [2.24, 2.45) is 0 Å². The Morgan fingerprint density at radius 3 is 2.46 bits per heavy atom. The molecule has 2 N–H and O–H groups in total. The van der Waals surface area contributed by atoms with Crippen molar-refractivity contribution < 1.29 is 28.6 Å². The maximum absolute atomic E-state index is 13.2. The number of amides is 2. The van der Waals surface area contributed by atoms with Crippen molar-refractivity contribution in [1.29, 1.82) is 0 Å². The van der Waals surface area contributed by atoms with Crippen molar-refractivity contribution in [3.63, 3.8) is 0 Å². The molecule has 10 nitrogen and oxygen atoms in total. The fourth-order valence-corrected chi connectivity index (χ4v) is 3.48. The zero-order chi connectivity index (χ0) is 24.8. The van der Waals surface area contributed by atoms with Crippen LogP contribution in [0.3, 0.4) is 0 Å². The molecule has 4 rings (SSSR count). The number of urea groups is 1. The molecule has 0 unspecified atom stereocenters. The number of hydrogen-bond donors (Lipinski definition) is 2. The molecule has 1 aliphatic rings. The first-order valence-electron chi connectivity index (χ1n) is 10.9. The van der Waals surface area contributed by atoms with Crippen LogP contribution in [0.25, 0.3) is 16.9 Å². The van der Waals surface area contributed by atoms with Gasteiger partial charge in [0.15, 0.2) is 0 Å². The van der Waals surface area contributed by atoms with Gasteiger partial charge in [0.05, 0.1) is 37.2 Å². The fraction of sp³-hybridized carbons (Fsp3) is 0.200. The van der Waals surface area contributed by atoms with E-state index in [1.54, 1.807) is 49.2 Å². The Bertz CT molecular complexity index is 1260. The fourth-order valence-electron chi connectivity index (χ4n) is 3.48. The predicted molar refractivity (Wildman–Crippen MR) is 126 cm³/mol. The minimum atomic E-state index is -0.665. The van der Waals surface area contributed by atoms with Gasteiger partial charge in [0.25, 0.3) is 0 Å². The molecule has 10 heteroatoms. The molecule has 1 aromatic heterocycles. The highest BCUT2D eigenvalue weighted by Gasteiger charge is 2.26.